The van der Waals surface area contributed by atoms with Crippen molar-refractivity contribution in [3.63, 3.8) is 0 Å². The van der Waals surface area contributed by atoms with E-state index in [0.717, 1.165) is 38.5 Å². The van der Waals surface area contributed by atoms with E-state index in [1.54, 1.807) is 30.2 Å². The molecule has 8 heteroatoms. The molecule has 0 radical (unpaired) electrons. The molecule has 2 aromatic rings. The molecular weight excluding hydrogens is 435 g/mol. The summed E-state index contributed by atoms with van der Waals surface area (Å²) >= 11 is 0. The van der Waals surface area contributed by atoms with Gasteiger partial charge in [-0.1, -0.05) is 19.3 Å². The van der Waals surface area contributed by atoms with Gasteiger partial charge in [0, 0.05) is 37.9 Å². The molecule has 0 bridgehead atoms. The van der Waals surface area contributed by atoms with Gasteiger partial charge in [0.2, 0.25) is 0 Å². The number of carbonyl (C=O) groups excluding carboxylic acids is 2. The number of esters is 1. The van der Waals surface area contributed by atoms with Crippen molar-refractivity contribution in [2.75, 3.05) is 31.6 Å². The normalized spacial score (nSPS) is 19.0. The molecule has 1 aromatic heterocycles. The number of halogens is 1. The molecule has 1 aliphatic heterocycles. The molecule has 2 heterocycles. The first-order valence-electron chi connectivity index (χ1n) is 12.3. The van der Waals surface area contributed by atoms with E-state index in [2.05, 4.69) is 9.88 Å². The molecule has 34 heavy (non-hydrogen) atoms. The van der Waals surface area contributed by atoms with Crippen LogP contribution in [0.4, 0.5) is 10.2 Å². The fraction of sp³-hybridized carbons (Fsp3) is 0.538. The Morgan fingerprint density at radius 3 is 2.56 bits per heavy atom. The number of anilines is 1. The maximum absolute atomic E-state index is 13.6. The Bertz CT molecular complexity index is 1010. The Balaban J connectivity index is 1.65. The quantitative estimate of drug-likeness (QED) is 0.583. The van der Waals surface area contributed by atoms with Crippen LogP contribution in [0.5, 0.6) is 0 Å². The van der Waals surface area contributed by atoms with Gasteiger partial charge in [0.15, 0.2) is 5.82 Å². The van der Waals surface area contributed by atoms with Crippen molar-refractivity contribution < 1.29 is 18.7 Å². The summed E-state index contributed by atoms with van der Waals surface area (Å²) in [6.07, 6.45) is 8.68. The zero-order chi connectivity index (χ0) is 24.1. The molecular formula is C26H33FN4O3. The second kappa shape index (κ2) is 10.9. The number of amides is 1. The summed E-state index contributed by atoms with van der Waals surface area (Å²) in [5.74, 6) is -0.00515. The summed E-state index contributed by atoms with van der Waals surface area (Å²) in [5.41, 5.74) is 1.13. The van der Waals surface area contributed by atoms with Gasteiger partial charge in [0.1, 0.15) is 17.2 Å². The third-order valence-electron chi connectivity index (χ3n) is 6.89. The van der Waals surface area contributed by atoms with Gasteiger partial charge in [0.25, 0.3) is 5.91 Å². The van der Waals surface area contributed by atoms with Crippen molar-refractivity contribution in [2.45, 2.75) is 57.9 Å². The Morgan fingerprint density at radius 2 is 1.85 bits per heavy atom. The average molecular weight is 469 g/mol. The smallest absolute Gasteiger partial charge is 0.310 e. The molecule has 0 spiro atoms. The first-order valence-corrected chi connectivity index (χ1v) is 12.3. The summed E-state index contributed by atoms with van der Waals surface area (Å²) in [4.78, 5) is 39.0. The number of hydrogen-bond donors (Lipinski definition) is 0. The standard InChI is InChI=1S/C26H33FN4O3/c1-3-34-26(33)19-8-7-15-31(17-19)25(32)22-16-28-23(18-11-13-20(27)14-12-18)29-24(22)30(2)21-9-5-4-6-10-21/h11-14,16,19,21H,3-10,15,17H2,1-2H3/t19-/m0/s1. The largest absolute Gasteiger partial charge is 0.466 e. The van der Waals surface area contributed by atoms with Crippen LogP contribution in [0.15, 0.2) is 30.5 Å². The highest BCUT2D eigenvalue weighted by Crippen LogP contribution is 2.30. The number of likely N-dealkylation sites (tertiary alicyclic amines) is 1. The summed E-state index contributed by atoms with van der Waals surface area (Å²) in [7, 11) is 1.99. The van der Waals surface area contributed by atoms with Gasteiger partial charge in [-0.2, -0.15) is 0 Å². The number of piperidine rings is 1. The number of carbonyl (C=O) groups is 2. The van der Waals surface area contributed by atoms with Crippen molar-refractivity contribution in [2.24, 2.45) is 5.92 Å². The van der Waals surface area contributed by atoms with Crippen LogP contribution < -0.4 is 4.90 Å². The summed E-state index contributed by atoms with van der Waals surface area (Å²) in [6.45, 7) is 3.04. The molecule has 1 saturated heterocycles. The Hall–Kier alpha value is -3.03. The maximum atomic E-state index is 13.6. The van der Waals surface area contributed by atoms with Crippen LogP contribution in [-0.4, -0.2) is 59.5 Å². The fourth-order valence-electron chi connectivity index (χ4n) is 4.96. The van der Waals surface area contributed by atoms with E-state index in [1.807, 2.05) is 7.05 Å². The SMILES string of the molecule is CCOC(=O)[C@H]1CCCN(C(=O)c2cnc(-c3ccc(F)cc3)nc2N(C)C2CCCCC2)C1. The Morgan fingerprint density at radius 1 is 1.12 bits per heavy atom. The minimum absolute atomic E-state index is 0.169. The average Bonchev–Trinajstić information content (AvgIpc) is 2.88. The molecule has 1 atom stereocenters. The lowest BCUT2D eigenvalue weighted by Crippen LogP contribution is -2.44. The highest BCUT2D eigenvalue weighted by molar-refractivity contribution is 5.99. The Labute approximate surface area is 200 Å². The van der Waals surface area contributed by atoms with Gasteiger partial charge >= 0.3 is 5.97 Å². The summed E-state index contributed by atoms with van der Waals surface area (Å²) in [5, 5.41) is 0. The molecule has 7 nitrogen and oxygen atoms in total. The topological polar surface area (TPSA) is 75.6 Å². The minimum Gasteiger partial charge on any atom is -0.466 e. The molecule has 182 valence electrons. The van der Waals surface area contributed by atoms with Gasteiger partial charge in [-0.05, 0) is 56.9 Å². The predicted octanol–water partition coefficient (Wildman–Crippen LogP) is 4.47. The van der Waals surface area contributed by atoms with E-state index in [-0.39, 0.29) is 23.6 Å². The second-order valence-corrected chi connectivity index (χ2v) is 9.18. The number of rotatable bonds is 6. The van der Waals surface area contributed by atoms with E-state index in [1.165, 1.54) is 18.6 Å². The number of ether oxygens (including phenoxy) is 1. The Kier molecular flexibility index (Phi) is 7.75. The van der Waals surface area contributed by atoms with Crippen molar-refractivity contribution in [1.82, 2.24) is 14.9 Å². The minimum atomic E-state index is -0.323. The molecule has 2 fully saturated rings. The van der Waals surface area contributed by atoms with E-state index in [4.69, 9.17) is 9.72 Å². The van der Waals surface area contributed by atoms with Gasteiger partial charge in [-0.15, -0.1) is 0 Å². The lowest BCUT2D eigenvalue weighted by molar-refractivity contribution is -0.149. The van der Waals surface area contributed by atoms with Gasteiger partial charge in [0.05, 0.1) is 12.5 Å². The number of benzene rings is 1. The van der Waals surface area contributed by atoms with Crippen LogP contribution in [0.3, 0.4) is 0 Å². The zero-order valence-electron chi connectivity index (χ0n) is 20.0. The van der Waals surface area contributed by atoms with E-state index in [9.17, 15) is 14.0 Å². The van der Waals surface area contributed by atoms with Crippen molar-refractivity contribution in [1.29, 1.82) is 0 Å². The van der Waals surface area contributed by atoms with Crippen molar-refractivity contribution >= 4 is 17.7 Å². The first kappa shape index (κ1) is 24.1. The molecule has 4 rings (SSSR count). The molecule has 1 aromatic carbocycles. The summed E-state index contributed by atoms with van der Waals surface area (Å²) < 4.78 is 18.6. The fourth-order valence-corrected chi connectivity index (χ4v) is 4.96. The van der Waals surface area contributed by atoms with Crippen molar-refractivity contribution in [3.8, 4) is 11.4 Å². The molecule has 1 saturated carbocycles. The lowest BCUT2D eigenvalue weighted by atomic mass is 9.94. The lowest BCUT2D eigenvalue weighted by Gasteiger charge is -2.35. The van der Waals surface area contributed by atoms with Gasteiger partial charge in [-0.3, -0.25) is 9.59 Å². The van der Waals surface area contributed by atoms with Crippen LogP contribution in [0.1, 0.15) is 62.2 Å². The maximum Gasteiger partial charge on any atom is 0.310 e. The van der Waals surface area contributed by atoms with Crippen LogP contribution >= 0.6 is 0 Å². The number of hydrogen-bond acceptors (Lipinski definition) is 6. The van der Waals surface area contributed by atoms with E-state index >= 15 is 0 Å². The van der Waals surface area contributed by atoms with E-state index in [0.29, 0.717) is 48.5 Å². The van der Waals surface area contributed by atoms with Crippen molar-refractivity contribution in [3.05, 3.63) is 41.8 Å². The molecule has 2 aliphatic rings. The predicted molar refractivity (Wildman–Crippen MR) is 128 cm³/mol. The molecule has 1 amide bonds. The molecule has 1 aliphatic carbocycles. The van der Waals surface area contributed by atoms with Crippen LogP contribution in [0.2, 0.25) is 0 Å². The van der Waals surface area contributed by atoms with Crippen LogP contribution in [0.25, 0.3) is 11.4 Å². The highest BCUT2D eigenvalue weighted by atomic mass is 19.1. The monoisotopic (exact) mass is 468 g/mol. The van der Waals surface area contributed by atoms with Crippen LogP contribution in [-0.2, 0) is 9.53 Å². The second-order valence-electron chi connectivity index (χ2n) is 9.18. The first-order chi connectivity index (χ1) is 16.5. The third kappa shape index (κ3) is 5.37. The third-order valence-corrected chi connectivity index (χ3v) is 6.89. The number of nitrogens with zero attached hydrogens (tertiary/aromatic N) is 4. The number of aromatic nitrogens is 2. The summed E-state index contributed by atoms with van der Waals surface area (Å²) in [6, 6.07) is 6.35. The molecule has 0 N–H and O–H groups in total. The molecule has 0 unspecified atom stereocenters. The zero-order valence-corrected chi connectivity index (χ0v) is 20.0. The van der Waals surface area contributed by atoms with Gasteiger partial charge < -0.3 is 14.5 Å². The van der Waals surface area contributed by atoms with Gasteiger partial charge in [-0.25, -0.2) is 14.4 Å². The van der Waals surface area contributed by atoms with Crippen LogP contribution in [0, 0.1) is 11.7 Å². The highest BCUT2D eigenvalue weighted by Gasteiger charge is 2.32. The van der Waals surface area contributed by atoms with E-state index < -0.39 is 0 Å².